The van der Waals surface area contributed by atoms with E-state index in [1.54, 1.807) is 30.2 Å². The second-order valence-electron chi connectivity index (χ2n) is 5.58. The lowest BCUT2D eigenvalue weighted by Crippen LogP contribution is -2.48. The monoisotopic (exact) mass is 320 g/mol. The molecule has 0 saturated carbocycles. The van der Waals surface area contributed by atoms with Crippen LogP contribution in [0.15, 0.2) is 18.2 Å². The SMILES string of the molecule is CCC1CCCCN1C(=O)C(=O)Nc1ccc(OC)cc1OC. The number of carbonyl (C=O) groups is 2. The topological polar surface area (TPSA) is 67.9 Å². The zero-order valence-corrected chi connectivity index (χ0v) is 13.9. The van der Waals surface area contributed by atoms with Crippen molar-refractivity contribution in [2.45, 2.75) is 38.6 Å². The van der Waals surface area contributed by atoms with Crippen molar-refractivity contribution in [2.24, 2.45) is 0 Å². The molecule has 1 unspecified atom stereocenters. The highest BCUT2D eigenvalue weighted by Gasteiger charge is 2.30. The first-order valence-corrected chi connectivity index (χ1v) is 7.94. The zero-order chi connectivity index (χ0) is 16.8. The number of piperidine rings is 1. The van der Waals surface area contributed by atoms with E-state index in [0.717, 1.165) is 25.7 Å². The highest BCUT2D eigenvalue weighted by molar-refractivity contribution is 6.39. The van der Waals surface area contributed by atoms with Gasteiger partial charge in [0, 0.05) is 18.7 Å². The molecule has 1 heterocycles. The summed E-state index contributed by atoms with van der Waals surface area (Å²) in [7, 11) is 3.06. The molecule has 126 valence electrons. The van der Waals surface area contributed by atoms with Gasteiger partial charge in [0.05, 0.1) is 19.9 Å². The van der Waals surface area contributed by atoms with E-state index in [1.165, 1.54) is 7.11 Å². The Bertz CT molecular complexity index is 574. The van der Waals surface area contributed by atoms with Gasteiger partial charge in [0.2, 0.25) is 0 Å². The van der Waals surface area contributed by atoms with Crippen LogP contribution in [0.25, 0.3) is 0 Å². The zero-order valence-electron chi connectivity index (χ0n) is 13.9. The summed E-state index contributed by atoms with van der Waals surface area (Å²) in [6.07, 6.45) is 3.88. The van der Waals surface area contributed by atoms with E-state index < -0.39 is 11.8 Å². The largest absolute Gasteiger partial charge is 0.497 e. The van der Waals surface area contributed by atoms with Gasteiger partial charge in [0.15, 0.2) is 0 Å². The Morgan fingerprint density at radius 3 is 2.70 bits per heavy atom. The molecule has 1 atom stereocenters. The maximum Gasteiger partial charge on any atom is 0.314 e. The first-order chi connectivity index (χ1) is 11.1. The fourth-order valence-corrected chi connectivity index (χ4v) is 2.90. The molecule has 0 bridgehead atoms. The number of amides is 2. The minimum Gasteiger partial charge on any atom is -0.497 e. The minimum atomic E-state index is -0.631. The fourth-order valence-electron chi connectivity index (χ4n) is 2.90. The average Bonchev–Trinajstić information content (AvgIpc) is 2.61. The molecule has 0 aliphatic carbocycles. The number of anilines is 1. The van der Waals surface area contributed by atoms with Gasteiger partial charge in [-0.05, 0) is 37.8 Å². The van der Waals surface area contributed by atoms with E-state index in [2.05, 4.69) is 5.32 Å². The third kappa shape index (κ3) is 3.94. The predicted molar refractivity (Wildman–Crippen MR) is 87.8 cm³/mol. The molecule has 6 nitrogen and oxygen atoms in total. The normalized spacial score (nSPS) is 17.5. The van der Waals surface area contributed by atoms with Crippen molar-refractivity contribution in [1.82, 2.24) is 4.90 Å². The third-order valence-electron chi connectivity index (χ3n) is 4.21. The van der Waals surface area contributed by atoms with Crippen LogP contribution in [0.3, 0.4) is 0 Å². The summed E-state index contributed by atoms with van der Waals surface area (Å²) < 4.78 is 10.4. The van der Waals surface area contributed by atoms with Crippen LogP contribution in [0.1, 0.15) is 32.6 Å². The van der Waals surface area contributed by atoms with Gasteiger partial charge in [-0.3, -0.25) is 9.59 Å². The first kappa shape index (κ1) is 17.1. The van der Waals surface area contributed by atoms with Crippen LogP contribution < -0.4 is 14.8 Å². The number of nitrogens with zero attached hydrogens (tertiary/aromatic N) is 1. The maximum atomic E-state index is 12.4. The van der Waals surface area contributed by atoms with Crippen molar-refractivity contribution in [3.05, 3.63) is 18.2 Å². The Labute approximate surface area is 136 Å². The molecule has 1 aromatic rings. The van der Waals surface area contributed by atoms with Gasteiger partial charge in [-0.15, -0.1) is 0 Å². The summed E-state index contributed by atoms with van der Waals surface area (Å²) in [4.78, 5) is 26.4. The van der Waals surface area contributed by atoms with Crippen LogP contribution in [0.4, 0.5) is 5.69 Å². The van der Waals surface area contributed by atoms with E-state index in [1.807, 2.05) is 6.92 Å². The van der Waals surface area contributed by atoms with E-state index in [0.29, 0.717) is 23.7 Å². The van der Waals surface area contributed by atoms with Gasteiger partial charge in [-0.1, -0.05) is 6.92 Å². The van der Waals surface area contributed by atoms with Crippen LogP contribution in [-0.4, -0.2) is 43.5 Å². The number of carbonyl (C=O) groups excluding carboxylic acids is 2. The number of hydrogen-bond acceptors (Lipinski definition) is 4. The lowest BCUT2D eigenvalue weighted by molar-refractivity contribution is -0.145. The second kappa shape index (κ2) is 7.85. The van der Waals surface area contributed by atoms with E-state index in [9.17, 15) is 9.59 Å². The van der Waals surface area contributed by atoms with E-state index in [4.69, 9.17) is 9.47 Å². The van der Waals surface area contributed by atoms with Crippen molar-refractivity contribution in [2.75, 3.05) is 26.1 Å². The summed E-state index contributed by atoms with van der Waals surface area (Å²) in [6.45, 7) is 2.69. The van der Waals surface area contributed by atoms with E-state index in [-0.39, 0.29) is 6.04 Å². The number of rotatable bonds is 4. The molecule has 2 rings (SSSR count). The molecule has 1 saturated heterocycles. The second-order valence-corrected chi connectivity index (χ2v) is 5.58. The molecule has 23 heavy (non-hydrogen) atoms. The van der Waals surface area contributed by atoms with Crippen LogP contribution in [0, 0.1) is 0 Å². The molecular weight excluding hydrogens is 296 g/mol. The van der Waals surface area contributed by atoms with E-state index >= 15 is 0 Å². The predicted octanol–water partition coefficient (Wildman–Crippen LogP) is 2.43. The molecule has 0 spiro atoms. The molecule has 1 fully saturated rings. The van der Waals surface area contributed by atoms with Crippen molar-refractivity contribution in [3.63, 3.8) is 0 Å². The van der Waals surface area contributed by atoms with Crippen LogP contribution >= 0.6 is 0 Å². The number of benzene rings is 1. The molecule has 0 aromatic heterocycles. The lowest BCUT2D eigenvalue weighted by Gasteiger charge is -2.34. The van der Waals surface area contributed by atoms with Crippen LogP contribution in [0.2, 0.25) is 0 Å². The fraction of sp³-hybridized carbons (Fsp3) is 0.529. The molecule has 1 aromatic carbocycles. The molecule has 6 heteroatoms. The Morgan fingerprint density at radius 1 is 1.26 bits per heavy atom. The van der Waals surface area contributed by atoms with Crippen molar-refractivity contribution in [3.8, 4) is 11.5 Å². The molecule has 1 N–H and O–H groups in total. The van der Waals surface area contributed by atoms with Gasteiger partial charge in [-0.2, -0.15) is 0 Å². The Kier molecular flexibility index (Phi) is 5.84. The van der Waals surface area contributed by atoms with Crippen LogP contribution in [-0.2, 0) is 9.59 Å². The van der Waals surface area contributed by atoms with Gasteiger partial charge in [-0.25, -0.2) is 0 Å². The lowest BCUT2D eigenvalue weighted by atomic mass is 10.00. The Hall–Kier alpha value is -2.24. The summed E-state index contributed by atoms with van der Waals surface area (Å²) in [6, 6.07) is 5.18. The molecule has 0 radical (unpaired) electrons. The minimum absolute atomic E-state index is 0.153. The number of ether oxygens (including phenoxy) is 2. The van der Waals surface area contributed by atoms with Crippen molar-refractivity contribution in [1.29, 1.82) is 0 Å². The Balaban J connectivity index is 2.10. The van der Waals surface area contributed by atoms with Gasteiger partial charge < -0.3 is 19.7 Å². The number of methoxy groups -OCH3 is 2. The molecule has 1 aliphatic rings. The summed E-state index contributed by atoms with van der Waals surface area (Å²) in [5.41, 5.74) is 0.455. The Morgan fingerprint density at radius 2 is 2.04 bits per heavy atom. The average molecular weight is 320 g/mol. The molecular formula is C17H24N2O4. The molecule has 2 amide bonds. The standard InChI is InChI=1S/C17H24N2O4/c1-4-12-7-5-6-10-19(12)17(21)16(20)18-14-9-8-13(22-2)11-15(14)23-3/h8-9,11-12H,4-7,10H2,1-3H3,(H,18,20). The number of likely N-dealkylation sites (tertiary alicyclic amines) is 1. The van der Waals surface area contributed by atoms with Gasteiger partial charge in [0.25, 0.3) is 0 Å². The summed E-state index contributed by atoms with van der Waals surface area (Å²) in [5.74, 6) is -0.0346. The highest BCUT2D eigenvalue weighted by Crippen LogP contribution is 2.29. The number of hydrogen-bond donors (Lipinski definition) is 1. The maximum absolute atomic E-state index is 12.4. The van der Waals surface area contributed by atoms with Crippen molar-refractivity contribution >= 4 is 17.5 Å². The third-order valence-corrected chi connectivity index (χ3v) is 4.21. The molecule has 1 aliphatic heterocycles. The quantitative estimate of drug-likeness (QED) is 0.865. The highest BCUT2D eigenvalue weighted by atomic mass is 16.5. The summed E-state index contributed by atoms with van der Waals surface area (Å²) in [5, 5.41) is 2.64. The van der Waals surface area contributed by atoms with Crippen molar-refractivity contribution < 1.29 is 19.1 Å². The van der Waals surface area contributed by atoms with Gasteiger partial charge in [0.1, 0.15) is 11.5 Å². The number of nitrogens with one attached hydrogen (secondary N) is 1. The van der Waals surface area contributed by atoms with Crippen LogP contribution in [0.5, 0.6) is 11.5 Å². The van der Waals surface area contributed by atoms with Gasteiger partial charge >= 0.3 is 11.8 Å². The first-order valence-electron chi connectivity index (χ1n) is 7.94. The summed E-state index contributed by atoms with van der Waals surface area (Å²) >= 11 is 0. The smallest absolute Gasteiger partial charge is 0.314 e.